The number of nitrogens with zero attached hydrogens (tertiary/aromatic N) is 3. The van der Waals surface area contributed by atoms with E-state index in [0.717, 1.165) is 11.7 Å². The summed E-state index contributed by atoms with van der Waals surface area (Å²) in [6, 6.07) is 13.1. The van der Waals surface area contributed by atoms with E-state index in [1.807, 2.05) is 0 Å². The summed E-state index contributed by atoms with van der Waals surface area (Å²) < 4.78 is 24.2. The summed E-state index contributed by atoms with van der Waals surface area (Å²) in [5, 5.41) is 10.3. The first-order valence-corrected chi connectivity index (χ1v) is 11.1. The summed E-state index contributed by atoms with van der Waals surface area (Å²) >= 11 is 1.03. The van der Waals surface area contributed by atoms with E-state index in [1.165, 1.54) is 27.4 Å². The summed E-state index contributed by atoms with van der Waals surface area (Å²) in [5.41, 5.74) is 2.24. The summed E-state index contributed by atoms with van der Waals surface area (Å²) in [5.74, 6) is -0.624. The lowest BCUT2D eigenvalue weighted by molar-refractivity contribution is -0.130. The van der Waals surface area contributed by atoms with Gasteiger partial charge in [0.1, 0.15) is 22.5 Å². The van der Waals surface area contributed by atoms with Crippen LogP contribution in [0.1, 0.15) is 21.5 Å². The largest absolute Gasteiger partial charge is 0.497 e. The number of benzene rings is 2. The number of hydrogen-bond donors (Lipinski definition) is 1. The molecule has 10 heteroatoms. The van der Waals surface area contributed by atoms with Crippen molar-refractivity contribution >= 4 is 40.1 Å². The van der Waals surface area contributed by atoms with Gasteiger partial charge in [-0.3, -0.25) is 4.79 Å². The number of aliphatic carboxylic acids is 1. The highest BCUT2D eigenvalue weighted by molar-refractivity contribution is 7.00. The van der Waals surface area contributed by atoms with Gasteiger partial charge in [0.05, 0.1) is 44.2 Å². The molecule has 0 aliphatic rings. The molecule has 2 aromatic heterocycles. The Labute approximate surface area is 204 Å². The predicted molar refractivity (Wildman–Crippen MR) is 130 cm³/mol. The first-order chi connectivity index (χ1) is 16.9. The molecule has 0 amide bonds. The topological polar surface area (TPSA) is 121 Å². The van der Waals surface area contributed by atoms with Gasteiger partial charge in [0, 0.05) is 24.3 Å². The Morgan fingerprint density at radius 3 is 2.37 bits per heavy atom. The quantitative estimate of drug-likeness (QED) is 0.273. The molecule has 4 aromatic rings. The molecule has 0 bridgehead atoms. The number of rotatable bonds is 9. The van der Waals surface area contributed by atoms with Crippen molar-refractivity contribution in [3.05, 3.63) is 77.0 Å². The molecule has 35 heavy (non-hydrogen) atoms. The summed E-state index contributed by atoms with van der Waals surface area (Å²) in [6.45, 7) is 0. The monoisotopic (exact) mass is 491 g/mol. The number of ether oxygens (including phenoxy) is 3. The zero-order valence-corrected chi connectivity index (χ0v) is 20.0. The molecule has 2 heterocycles. The minimum absolute atomic E-state index is 0.00514. The van der Waals surface area contributed by atoms with Crippen molar-refractivity contribution in [3.8, 4) is 17.4 Å². The van der Waals surface area contributed by atoms with Crippen molar-refractivity contribution in [2.45, 2.75) is 6.42 Å². The number of allylic oxidation sites excluding steroid dienone is 1. The molecular formula is C25H21N3O6S. The Morgan fingerprint density at radius 2 is 1.71 bits per heavy atom. The van der Waals surface area contributed by atoms with Crippen LogP contribution < -0.4 is 14.2 Å². The lowest BCUT2D eigenvalue weighted by atomic mass is 9.89. The number of methoxy groups -OCH3 is 3. The van der Waals surface area contributed by atoms with Crippen molar-refractivity contribution < 1.29 is 28.9 Å². The fraction of sp³-hybridized carbons (Fsp3) is 0.160. The first-order valence-electron chi connectivity index (χ1n) is 10.4. The van der Waals surface area contributed by atoms with E-state index in [2.05, 4.69) is 13.7 Å². The molecule has 0 saturated carbocycles. The van der Waals surface area contributed by atoms with Crippen LogP contribution in [0.25, 0.3) is 16.6 Å². The van der Waals surface area contributed by atoms with Crippen LogP contribution in [0.4, 0.5) is 0 Å². The van der Waals surface area contributed by atoms with Crippen LogP contribution in [-0.2, 0) is 11.2 Å². The number of aromatic nitrogens is 3. The van der Waals surface area contributed by atoms with E-state index in [4.69, 9.17) is 14.2 Å². The number of carbonyl (C=O) groups is 2. The van der Waals surface area contributed by atoms with Gasteiger partial charge in [0.25, 0.3) is 0 Å². The van der Waals surface area contributed by atoms with Gasteiger partial charge in [-0.2, -0.15) is 8.75 Å². The predicted octanol–water partition coefficient (Wildman–Crippen LogP) is 4.08. The van der Waals surface area contributed by atoms with Gasteiger partial charge in [-0.15, -0.1) is 0 Å². The highest BCUT2D eigenvalue weighted by Crippen LogP contribution is 2.32. The van der Waals surface area contributed by atoms with Gasteiger partial charge in [0.15, 0.2) is 5.78 Å². The molecule has 1 N–H and O–H groups in total. The van der Waals surface area contributed by atoms with Crippen molar-refractivity contribution in [2.24, 2.45) is 0 Å². The molecule has 9 nitrogen and oxygen atoms in total. The minimum atomic E-state index is -1.25. The third-order valence-electron chi connectivity index (χ3n) is 5.37. The van der Waals surface area contributed by atoms with Gasteiger partial charge >= 0.3 is 5.97 Å². The summed E-state index contributed by atoms with van der Waals surface area (Å²) in [7, 11) is 4.42. The number of carboxylic acid groups (broad SMARTS) is 1. The molecule has 0 aliphatic heterocycles. The Bertz CT molecular complexity index is 1430. The molecule has 2 aromatic carbocycles. The standard InChI is InChI=1S/C25H21N3O6S/c1-32-16-6-8-21(33-2)17(12-16)24(29)18(10-14-4-9-22(34-3)26-13-14)23(25(30)31)15-5-7-19-20(11-15)28-35-27-19/h4-9,11-13H,10H2,1-3H3,(H,30,31). The van der Waals surface area contributed by atoms with Crippen LogP contribution in [0.2, 0.25) is 0 Å². The van der Waals surface area contributed by atoms with Crippen LogP contribution >= 0.6 is 11.7 Å². The van der Waals surface area contributed by atoms with E-state index in [-0.39, 0.29) is 23.1 Å². The molecule has 178 valence electrons. The van der Waals surface area contributed by atoms with Crippen molar-refractivity contribution in [3.63, 3.8) is 0 Å². The molecule has 0 spiro atoms. The van der Waals surface area contributed by atoms with Crippen molar-refractivity contribution in [2.75, 3.05) is 21.3 Å². The zero-order valence-electron chi connectivity index (χ0n) is 19.1. The normalized spacial score (nSPS) is 11.6. The van der Waals surface area contributed by atoms with E-state index in [9.17, 15) is 14.7 Å². The summed E-state index contributed by atoms with van der Waals surface area (Å²) in [6.07, 6.45) is 1.55. The highest BCUT2D eigenvalue weighted by Gasteiger charge is 2.26. The van der Waals surface area contributed by atoms with Crippen LogP contribution in [0.5, 0.6) is 17.4 Å². The van der Waals surface area contributed by atoms with Crippen LogP contribution in [0.3, 0.4) is 0 Å². The van der Waals surface area contributed by atoms with E-state index in [1.54, 1.807) is 48.7 Å². The van der Waals surface area contributed by atoms with Gasteiger partial charge in [-0.25, -0.2) is 9.78 Å². The maximum atomic E-state index is 13.9. The fourth-order valence-electron chi connectivity index (χ4n) is 3.64. The Balaban J connectivity index is 1.93. The number of carbonyl (C=O) groups excluding carboxylic acids is 1. The van der Waals surface area contributed by atoms with Crippen LogP contribution in [0.15, 0.2) is 60.3 Å². The number of pyridine rings is 1. The Hall–Kier alpha value is -4.31. The molecule has 4 rings (SSSR count). The second-order valence-electron chi connectivity index (χ2n) is 7.41. The lowest BCUT2D eigenvalue weighted by Gasteiger charge is -2.15. The fourth-order valence-corrected chi connectivity index (χ4v) is 4.16. The molecule has 0 aliphatic carbocycles. The number of fused-ring (bicyclic) bond motifs is 1. The van der Waals surface area contributed by atoms with Crippen LogP contribution in [-0.4, -0.2) is 51.9 Å². The zero-order chi connectivity index (χ0) is 24.9. The van der Waals surface area contributed by atoms with E-state index in [0.29, 0.717) is 39.5 Å². The number of ketones is 1. The average molecular weight is 492 g/mol. The average Bonchev–Trinajstić information content (AvgIpc) is 3.35. The lowest BCUT2D eigenvalue weighted by Crippen LogP contribution is -2.15. The maximum Gasteiger partial charge on any atom is 0.336 e. The molecule has 0 saturated heterocycles. The van der Waals surface area contributed by atoms with Gasteiger partial charge in [0.2, 0.25) is 5.88 Å². The minimum Gasteiger partial charge on any atom is -0.497 e. The molecule has 0 radical (unpaired) electrons. The van der Waals surface area contributed by atoms with Crippen molar-refractivity contribution in [1.82, 2.24) is 13.7 Å². The van der Waals surface area contributed by atoms with E-state index < -0.39 is 11.8 Å². The Morgan fingerprint density at radius 1 is 0.914 bits per heavy atom. The number of Topliss-reactive ketones (excluding diaryl/α,β-unsaturated/α-hetero) is 1. The smallest absolute Gasteiger partial charge is 0.336 e. The molecule has 0 unspecified atom stereocenters. The maximum absolute atomic E-state index is 13.9. The highest BCUT2D eigenvalue weighted by atomic mass is 32.1. The molecule has 0 atom stereocenters. The third kappa shape index (κ3) is 4.97. The summed E-state index contributed by atoms with van der Waals surface area (Å²) in [4.78, 5) is 30.7. The Kier molecular flexibility index (Phi) is 7.02. The molecule has 0 fully saturated rings. The van der Waals surface area contributed by atoms with Crippen LogP contribution in [0, 0.1) is 0 Å². The first kappa shape index (κ1) is 23.8. The second-order valence-corrected chi connectivity index (χ2v) is 7.94. The van der Waals surface area contributed by atoms with E-state index >= 15 is 0 Å². The third-order valence-corrected chi connectivity index (χ3v) is 5.93. The number of carboxylic acids is 1. The van der Waals surface area contributed by atoms with Gasteiger partial charge in [-0.05, 0) is 41.5 Å². The number of hydrogen-bond acceptors (Lipinski definition) is 9. The second kappa shape index (κ2) is 10.3. The van der Waals surface area contributed by atoms with Gasteiger partial charge in [-0.1, -0.05) is 12.1 Å². The SMILES string of the molecule is COc1ccc(OC)c(C(=O)C(Cc2ccc(OC)nc2)=C(C(=O)O)c2ccc3nsnc3c2)c1. The molecular weight excluding hydrogens is 470 g/mol. The van der Waals surface area contributed by atoms with Gasteiger partial charge < -0.3 is 19.3 Å². The van der Waals surface area contributed by atoms with Crippen molar-refractivity contribution in [1.29, 1.82) is 0 Å².